The Bertz CT molecular complexity index is 735. The number of benzene rings is 1. The van der Waals surface area contributed by atoms with Crippen molar-refractivity contribution in [3.63, 3.8) is 0 Å². The Labute approximate surface area is 145 Å². The normalized spacial score (nSPS) is 16.8. The van der Waals surface area contributed by atoms with Crippen LogP contribution in [0.25, 0.3) is 0 Å². The van der Waals surface area contributed by atoms with Crippen LogP contribution in [0.15, 0.2) is 36.4 Å². The first-order chi connectivity index (χ1) is 11.6. The minimum atomic E-state index is -0.205. The van der Waals surface area contributed by atoms with Crippen molar-refractivity contribution in [2.24, 2.45) is 0 Å². The second kappa shape index (κ2) is 7.59. The number of carbonyl (C=O) groups excluding carboxylic acids is 2. The van der Waals surface area contributed by atoms with E-state index in [9.17, 15) is 9.59 Å². The summed E-state index contributed by atoms with van der Waals surface area (Å²) in [6, 6.07) is 10.7. The molecular formula is C18H20N2O3S. The lowest BCUT2D eigenvalue weighted by molar-refractivity contribution is 0.0858. The molecule has 1 aromatic heterocycles. The van der Waals surface area contributed by atoms with Gasteiger partial charge >= 0.3 is 0 Å². The third-order valence-corrected chi connectivity index (χ3v) is 4.90. The fraction of sp³-hybridized carbons (Fsp3) is 0.333. The third kappa shape index (κ3) is 4.01. The molecule has 0 aliphatic carbocycles. The van der Waals surface area contributed by atoms with Crippen LogP contribution in [0.1, 0.15) is 37.7 Å². The van der Waals surface area contributed by atoms with E-state index in [2.05, 4.69) is 10.6 Å². The van der Waals surface area contributed by atoms with Crippen LogP contribution in [0.3, 0.4) is 0 Å². The quantitative estimate of drug-likeness (QED) is 0.875. The monoisotopic (exact) mass is 344 g/mol. The molecule has 1 aliphatic rings. The van der Waals surface area contributed by atoms with Gasteiger partial charge in [0.15, 0.2) is 0 Å². The van der Waals surface area contributed by atoms with E-state index in [4.69, 9.17) is 4.74 Å². The third-order valence-electron chi connectivity index (χ3n) is 3.90. The highest BCUT2D eigenvalue weighted by Gasteiger charge is 2.19. The zero-order valence-corrected chi connectivity index (χ0v) is 14.3. The zero-order valence-electron chi connectivity index (χ0n) is 13.5. The number of rotatable bonds is 5. The van der Waals surface area contributed by atoms with E-state index in [1.165, 1.54) is 11.3 Å². The highest BCUT2D eigenvalue weighted by Crippen LogP contribution is 2.20. The van der Waals surface area contributed by atoms with Crippen molar-refractivity contribution in [2.45, 2.75) is 25.9 Å². The summed E-state index contributed by atoms with van der Waals surface area (Å²) in [5.74, 6) is -0.406. The summed E-state index contributed by atoms with van der Waals surface area (Å²) in [6.45, 7) is 3.20. The predicted molar refractivity (Wildman–Crippen MR) is 94.8 cm³/mol. The van der Waals surface area contributed by atoms with Crippen LogP contribution < -0.4 is 10.6 Å². The van der Waals surface area contributed by atoms with Crippen LogP contribution in [0.2, 0.25) is 0 Å². The second-order valence-corrected chi connectivity index (χ2v) is 7.04. The van der Waals surface area contributed by atoms with Crippen LogP contribution in [0.4, 0.5) is 5.69 Å². The number of amides is 2. The van der Waals surface area contributed by atoms with Gasteiger partial charge in [-0.05, 0) is 44.0 Å². The van der Waals surface area contributed by atoms with E-state index in [0.29, 0.717) is 22.7 Å². The summed E-state index contributed by atoms with van der Waals surface area (Å²) in [7, 11) is 0. The number of carbonyl (C=O) groups is 2. The highest BCUT2D eigenvalue weighted by atomic mass is 32.1. The standard InChI is InChI=1S/C18H20N2O3S/c1-12-8-9-16(24-12)18(22)20-15-7-3-2-6-14(15)17(21)19-11-13-5-4-10-23-13/h2-3,6-9,13H,4-5,10-11H2,1H3,(H,19,21)(H,20,22). The molecule has 0 saturated carbocycles. The lowest BCUT2D eigenvalue weighted by atomic mass is 10.1. The maximum atomic E-state index is 12.4. The molecule has 2 amide bonds. The number of nitrogens with one attached hydrogen (secondary N) is 2. The van der Waals surface area contributed by atoms with Crippen LogP contribution in [0, 0.1) is 6.92 Å². The number of para-hydroxylation sites is 1. The van der Waals surface area contributed by atoms with Crippen molar-refractivity contribution in [3.8, 4) is 0 Å². The second-order valence-electron chi connectivity index (χ2n) is 5.76. The molecule has 1 unspecified atom stereocenters. The Hall–Kier alpha value is -2.18. The molecule has 126 valence electrons. The smallest absolute Gasteiger partial charge is 0.265 e. The van der Waals surface area contributed by atoms with Crippen LogP contribution in [-0.4, -0.2) is 31.1 Å². The summed E-state index contributed by atoms with van der Waals surface area (Å²) in [6.07, 6.45) is 2.09. The first-order valence-electron chi connectivity index (χ1n) is 8.00. The van der Waals surface area contributed by atoms with E-state index < -0.39 is 0 Å². The van der Waals surface area contributed by atoms with Crippen molar-refractivity contribution < 1.29 is 14.3 Å². The van der Waals surface area contributed by atoms with Crippen molar-refractivity contribution in [3.05, 3.63) is 51.7 Å². The summed E-state index contributed by atoms with van der Waals surface area (Å²) in [4.78, 5) is 26.4. The number of hydrogen-bond donors (Lipinski definition) is 2. The largest absolute Gasteiger partial charge is 0.376 e. The average molecular weight is 344 g/mol. The molecule has 24 heavy (non-hydrogen) atoms. The van der Waals surface area contributed by atoms with Gasteiger partial charge in [-0.15, -0.1) is 11.3 Å². The molecule has 1 saturated heterocycles. The van der Waals surface area contributed by atoms with Crippen LogP contribution >= 0.6 is 11.3 Å². The average Bonchev–Trinajstić information content (AvgIpc) is 3.24. The minimum absolute atomic E-state index is 0.0878. The number of ether oxygens (including phenoxy) is 1. The number of thiophene rings is 1. The fourth-order valence-corrected chi connectivity index (χ4v) is 3.40. The molecule has 0 bridgehead atoms. The van der Waals surface area contributed by atoms with E-state index in [1.807, 2.05) is 13.0 Å². The van der Waals surface area contributed by atoms with Gasteiger partial charge in [-0.2, -0.15) is 0 Å². The Morgan fingerprint density at radius 1 is 1.21 bits per heavy atom. The van der Waals surface area contributed by atoms with Gasteiger partial charge in [0.05, 0.1) is 22.2 Å². The number of anilines is 1. The Balaban J connectivity index is 1.67. The number of aryl methyl sites for hydroxylation is 1. The van der Waals surface area contributed by atoms with Gasteiger partial charge in [-0.3, -0.25) is 9.59 Å². The van der Waals surface area contributed by atoms with Crippen molar-refractivity contribution in [1.29, 1.82) is 0 Å². The Morgan fingerprint density at radius 3 is 2.75 bits per heavy atom. The molecule has 1 aliphatic heterocycles. The SMILES string of the molecule is Cc1ccc(C(=O)Nc2ccccc2C(=O)NCC2CCCO2)s1. The highest BCUT2D eigenvalue weighted by molar-refractivity contribution is 7.14. The van der Waals surface area contributed by atoms with E-state index in [-0.39, 0.29) is 17.9 Å². The van der Waals surface area contributed by atoms with Crippen LogP contribution in [0.5, 0.6) is 0 Å². The molecule has 5 nitrogen and oxygen atoms in total. The summed E-state index contributed by atoms with van der Waals surface area (Å²) in [5.41, 5.74) is 0.968. The van der Waals surface area contributed by atoms with Crippen LogP contribution in [-0.2, 0) is 4.74 Å². The first-order valence-corrected chi connectivity index (χ1v) is 8.82. The number of hydrogen-bond acceptors (Lipinski definition) is 4. The van der Waals surface area contributed by atoms with Gasteiger partial charge in [0.25, 0.3) is 11.8 Å². The van der Waals surface area contributed by atoms with Gasteiger partial charge in [-0.1, -0.05) is 12.1 Å². The maximum absolute atomic E-state index is 12.4. The Morgan fingerprint density at radius 2 is 2.04 bits per heavy atom. The Kier molecular flexibility index (Phi) is 5.27. The van der Waals surface area contributed by atoms with Crippen molar-refractivity contribution in [1.82, 2.24) is 5.32 Å². The maximum Gasteiger partial charge on any atom is 0.265 e. The van der Waals surface area contributed by atoms with Crippen molar-refractivity contribution in [2.75, 3.05) is 18.5 Å². The summed E-state index contributed by atoms with van der Waals surface area (Å²) >= 11 is 1.43. The molecule has 2 N–H and O–H groups in total. The predicted octanol–water partition coefficient (Wildman–Crippen LogP) is 3.22. The molecular weight excluding hydrogens is 324 g/mol. The molecule has 0 radical (unpaired) electrons. The summed E-state index contributed by atoms with van der Waals surface area (Å²) in [5, 5.41) is 5.71. The van der Waals surface area contributed by atoms with Gasteiger partial charge < -0.3 is 15.4 Å². The van der Waals surface area contributed by atoms with Gasteiger partial charge in [-0.25, -0.2) is 0 Å². The molecule has 2 heterocycles. The molecule has 2 aromatic rings. The first kappa shape index (κ1) is 16.7. The molecule has 0 spiro atoms. The van der Waals surface area contributed by atoms with E-state index >= 15 is 0 Å². The van der Waals surface area contributed by atoms with Crippen molar-refractivity contribution >= 4 is 28.8 Å². The zero-order chi connectivity index (χ0) is 16.9. The summed E-state index contributed by atoms with van der Waals surface area (Å²) < 4.78 is 5.51. The van der Waals surface area contributed by atoms with E-state index in [1.54, 1.807) is 30.3 Å². The lowest BCUT2D eigenvalue weighted by Gasteiger charge is -2.13. The minimum Gasteiger partial charge on any atom is -0.376 e. The molecule has 3 rings (SSSR count). The molecule has 1 fully saturated rings. The molecule has 1 atom stereocenters. The van der Waals surface area contributed by atoms with E-state index in [0.717, 1.165) is 24.3 Å². The van der Waals surface area contributed by atoms with Gasteiger partial charge in [0, 0.05) is 18.0 Å². The topological polar surface area (TPSA) is 67.4 Å². The van der Waals surface area contributed by atoms with Gasteiger partial charge in [0.2, 0.25) is 0 Å². The molecule has 6 heteroatoms. The fourth-order valence-electron chi connectivity index (χ4n) is 2.64. The lowest BCUT2D eigenvalue weighted by Crippen LogP contribution is -2.32. The molecule has 1 aromatic carbocycles. The van der Waals surface area contributed by atoms with Gasteiger partial charge in [0.1, 0.15) is 0 Å².